The van der Waals surface area contributed by atoms with Crippen LogP contribution in [0.2, 0.25) is 5.02 Å². The maximum Gasteiger partial charge on any atom is 0.240 e. The van der Waals surface area contributed by atoms with Crippen molar-refractivity contribution in [2.24, 2.45) is 0 Å². The third-order valence-corrected chi connectivity index (χ3v) is 6.41. The molecule has 4 nitrogen and oxygen atoms in total. The first-order valence-electron chi connectivity index (χ1n) is 9.96. The average molecular weight is 378 g/mol. The molecule has 0 spiro atoms. The first-order chi connectivity index (χ1) is 12.4. The van der Waals surface area contributed by atoms with Crippen LogP contribution in [-0.2, 0) is 4.79 Å². The zero-order chi connectivity index (χ0) is 18.8. The molecule has 0 aromatic heterocycles. The first kappa shape index (κ1) is 19.5. The number of nitrogens with zero attached hydrogens (tertiary/aromatic N) is 3. The predicted molar refractivity (Wildman–Crippen MR) is 109 cm³/mol. The van der Waals surface area contributed by atoms with Gasteiger partial charge in [-0.1, -0.05) is 17.7 Å². The molecule has 2 aliphatic heterocycles. The van der Waals surface area contributed by atoms with Gasteiger partial charge in [-0.15, -0.1) is 0 Å². The van der Waals surface area contributed by atoms with Gasteiger partial charge in [-0.05, 0) is 64.7 Å². The van der Waals surface area contributed by atoms with Gasteiger partial charge in [-0.3, -0.25) is 9.69 Å². The van der Waals surface area contributed by atoms with Gasteiger partial charge >= 0.3 is 0 Å². The minimum atomic E-state index is -0.0411. The molecule has 2 fully saturated rings. The second kappa shape index (κ2) is 8.18. The van der Waals surface area contributed by atoms with Crippen molar-refractivity contribution in [1.29, 1.82) is 0 Å². The number of carbonyl (C=O) groups is 1. The lowest BCUT2D eigenvalue weighted by atomic mass is 9.96. The zero-order valence-corrected chi connectivity index (χ0v) is 17.3. The summed E-state index contributed by atoms with van der Waals surface area (Å²) in [5.41, 5.74) is 2.47. The molecule has 26 heavy (non-hydrogen) atoms. The number of rotatable bonds is 3. The van der Waals surface area contributed by atoms with E-state index in [0.29, 0.717) is 18.0 Å². The third kappa shape index (κ3) is 4.01. The molecule has 2 aliphatic rings. The number of aryl methyl sites for hydroxylation is 1. The van der Waals surface area contributed by atoms with Crippen LogP contribution >= 0.6 is 11.6 Å². The highest BCUT2D eigenvalue weighted by atomic mass is 35.5. The summed E-state index contributed by atoms with van der Waals surface area (Å²) in [7, 11) is 0. The van der Waals surface area contributed by atoms with Crippen molar-refractivity contribution in [3.05, 3.63) is 28.8 Å². The Kier molecular flexibility index (Phi) is 6.13. The molecule has 144 valence electrons. The Morgan fingerprint density at radius 1 is 1.12 bits per heavy atom. The van der Waals surface area contributed by atoms with Crippen LogP contribution in [0.4, 0.5) is 5.69 Å². The van der Waals surface area contributed by atoms with E-state index in [1.54, 1.807) is 0 Å². The topological polar surface area (TPSA) is 26.8 Å². The van der Waals surface area contributed by atoms with E-state index < -0.39 is 0 Å². The Morgan fingerprint density at radius 2 is 1.73 bits per heavy atom. The average Bonchev–Trinajstić information content (AvgIpc) is 2.63. The molecule has 1 aromatic rings. The molecule has 3 rings (SSSR count). The van der Waals surface area contributed by atoms with Crippen LogP contribution in [0.25, 0.3) is 0 Å². The number of piperidine rings is 1. The summed E-state index contributed by atoms with van der Waals surface area (Å²) in [4.78, 5) is 20.0. The van der Waals surface area contributed by atoms with E-state index in [-0.39, 0.29) is 6.04 Å². The quantitative estimate of drug-likeness (QED) is 0.798. The molecular formula is C21H32ClN3O. The van der Waals surface area contributed by atoms with E-state index in [0.717, 1.165) is 44.0 Å². The number of benzene rings is 1. The molecular weight excluding hydrogens is 346 g/mol. The van der Waals surface area contributed by atoms with Gasteiger partial charge in [0.25, 0.3) is 0 Å². The number of hydrogen-bond donors (Lipinski definition) is 0. The minimum absolute atomic E-state index is 0.0411. The molecule has 0 aliphatic carbocycles. The molecule has 0 radical (unpaired) electrons. The summed E-state index contributed by atoms with van der Waals surface area (Å²) in [5.74, 6) is 0.303. The van der Waals surface area contributed by atoms with Gasteiger partial charge in [-0.2, -0.15) is 0 Å². The summed E-state index contributed by atoms with van der Waals surface area (Å²) < 4.78 is 0. The number of hydrogen-bond acceptors (Lipinski definition) is 3. The van der Waals surface area contributed by atoms with Crippen molar-refractivity contribution >= 4 is 23.2 Å². The molecule has 1 aromatic carbocycles. The molecule has 0 bridgehead atoms. The standard InChI is InChI=1S/C21H32ClN3O/c1-15-8-9-19(22)14-20(15)24-12-10-23(11-13-24)18(4)21(26)25-16(2)6-5-7-17(25)3/h8-9,14,16-18H,5-7,10-13H2,1-4H3/t16-,17+,18-/m0/s1. The Labute approximate surface area is 163 Å². The highest BCUT2D eigenvalue weighted by Crippen LogP contribution is 2.27. The normalized spacial score (nSPS) is 26.0. The number of piperazine rings is 1. The Morgan fingerprint density at radius 3 is 2.35 bits per heavy atom. The molecule has 2 heterocycles. The fraction of sp³-hybridized carbons (Fsp3) is 0.667. The summed E-state index contributed by atoms with van der Waals surface area (Å²) >= 11 is 6.18. The van der Waals surface area contributed by atoms with Crippen LogP contribution in [-0.4, -0.2) is 60.0 Å². The summed E-state index contributed by atoms with van der Waals surface area (Å²) in [6.45, 7) is 12.3. The number of likely N-dealkylation sites (tertiary alicyclic amines) is 1. The number of anilines is 1. The molecule has 1 amide bonds. The fourth-order valence-electron chi connectivity index (χ4n) is 4.50. The van der Waals surface area contributed by atoms with Crippen LogP contribution in [0, 0.1) is 6.92 Å². The maximum atomic E-state index is 13.1. The van der Waals surface area contributed by atoms with Crippen molar-refractivity contribution in [3.8, 4) is 0 Å². The van der Waals surface area contributed by atoms with Crippen LogP contribution < -0.4 is 4.90 Å². The van der Waals surface area contributed by atoms with Crippen molar-refractivity contribution in [2.45, 2.75) is 65.1 Å². The van der Waals surface area contributed by atoms with Crippen molar-refractivity contribution in [1.82, 2.24) is 9.80 Å². The fourth-order valence-corrected chi connectivity index (χ4v) is 4.67. The van der Waals surface area contributed by atoms with E-state index in [1.165, 1.54) is 17.7 Å². The smallest absolute Gasteiger partial charge is 0.240 e. The van der Waals surface area contributed by atoms with Crippen molar-refractivity contribution < 1.29 is 4.79 Å². The van der Waals surface area contributed by atoms with E-state index >= 15 is 0 Å². The van der Waals surface area contributed by atoms with Crippen LogP contribution in [0.1, 0.15) is 45.6 Å². The Bertz CT molecular complexity index is 632. The zero-order valence-electron chi connectivity index (χ0n) is 16.5. The minimum Gasteiger partial charge on any atom is -0.369 e. The molecule has 2 saturated heterocycles. The second-order valence-electron chi connectivity index (χ2n) is 8.00. The molecule has 5 heteroatoms. The number of carbonyl (C=O) groups excluding carboxylic acids is 1. The lowest BCUT2D eigenvalue weighted by Crippen LogP contribution is -2.58. The van der Waals surface area contributed by atoms with E-state index in [2.05, 4.69) is 54.5 Å². The first-order valence-corrected chi connectivity index (χ1v) is 10.3. The van der Waals surface area contributed by atoms with Gasteiger partial charge < -0.3 is 9.80 Å². The SMILES string of the molecule is Cc1ccc(Cl)cc1N1CCN([C@@H](C)C(=O)N2[C@H](C)CCC[C@@H]2C)CC1. The molecule has 0 saturated carbocycles. The van der Waals surface area contributed by atoms with Gasteiger partial charge in [0.15, 0.2) is 0 Å². The Hall–Kier alpha value is -1.26. The maximum absolute atomic E-state index is 13.1. The number of amides is 1. The van der Waals surface area contributed by atoms with E-state index in [1.807, 2.05) is 6.07 Å². The summed E-state index contributed by atoms with van der Waals surface area (Å²) in [6.07, 6.45) is 3.49. The van der Waals surface area contributed by atoms with Gasteiger partial charge in [-0.25, -0.2) is 0 Å². The van der Waals surface area contributed by atoms with E-state index in [4.69, 9.17) is 11.6 Å². The number of halogens is 1. The largest absolute Gasteiger partial charge is 0.369 e. The second-order valence-corrected chi connectivity index (χ2v) is 8.44. The van der Waals surface area contributed by atoms with Crippen molar-refractivity contribution in [3.63, 3.8) is 0 Å². The van der Waals surface area contributed by atoms with Gasteiger partial charge in [0, 0.05) is 49.0 Å². The third-order valence-electron chi connectivity index (χ3n) is 6.18. The van der Waals surface area contributed by atoms with Gasteiger partial charge in [0.1, 0.15) is 0 Å². The highest BCUT2D eigenvalue weighted by molar-refractivity contribution is 6.30. The van der Waals surface area contributed by atoms with Crippen molar-refractivity contribution in [2.75, 3.05) is 31.1 Å². The lowest BCUT2D eigenvalue weighted by molar-refractivity contribution is -0.142. The Balaban J connectivity index is 1.62. The highest BCUT2D eigenvalue weighted by Gasteiger charge is 2.35. The summed E-state index contributed by atoms with van der Waals surface area (Å²) in [5, 5.41) is 0.782. The summed E-state index contributed by atoms with van der Waals surface area (Å²) in [6, 6.07) is 6.76. The van der Waals surface area contributed by atoms with E-state index in [9.17, 15) is 4.79 Å². The van der Waals surface area contributed by atoms with Gasteiger partial charge in [0.05, 0.1) is 6.04 Å². The van der Waals surface area contributed by atoms with Crippen LogP contribution in [0.3, 0.4) is 0 Å². The molecule has 3 atom stereocenters. The molecule has 0 unspecified atom stereocenters. The lowest BCUT2D eigenvalue weighted by Gasteiger charge is -2.44. The monoisotopic (exact) mass is 377 g/mol. The van der Waals surface area contributed by atoms with Crippen LogP contribution in [0.15, 0.2) is 18.2 Å². The van der Waals surface area contributed by atoms with Gasteiger partial charge in [0.2, 0.25) is 5.91 Å². The molecule has 0 N–H and O–H groups in total. The predicted octanol–water partition coefficient (Wildman–Crippen LogP) is 3.95. The van der Waals surface area contributed by atoms with Crippen LogP contribution in [0.5, 0.6) is 0 Å².